The summed E-state index contributed by atoms with van der Waals surface area (Å²) in [6.07, 6.45) is 0.674. The molecular weight excluding hydrogens is 235 g/mol. The standard InChI is InChI=1S/C13H17FN2O2/c1-16-8-7-13(9-16,12(17)18-2)15-11-5-3-10(14)4-6-11/h3-6,15H,7-9H2,1-2H3. The summed E-state index contributed by atoms with van der Waals surface area (Å²) in [6.45, 7) is 1.40. The lowest BCUT2D eigenvalue weighted by Gasteiger charge is -2.28. The predicted octanol–water partition coefficient (Wildman–Crippen LogP) is 1.48. The predicted molar refractivity (Wildman–Crippen MR) is 66.9 cm³/mol. The monoisotopic (exact) mass is 252 g/mol. The van der Waals surface area contributed by atoms with Crippen LogP contribution in [-0.2, 0) is 9.53 Å². The highest BCUT2D eigenvalue weighted by atomic mass is 19.1. The van der Waals surface area contributed by atoms with E-state index in [9.17, 15) is 9.18 Å². The summed E-state index contributed by atoms with van der Waals surface area (Å²) in [5, 5.41) is 3.18. The van der Waals surface area contributed by atoms with Crippen LogP contribution >= 0.6 is 0 Å². The van der Waals surface area contributed by atoms with Gasteiger partial charge in [0, 0.05) is 18.8 Å². The number of nitrogens with zero attached hydrogens (tertiary/aromatic N) is 1. The Labute approximate surface area is 106 Å². The third kappa shape index (κ3) is 2.46. The van der Waals surface area contributed by atoms with Crippen LogP contribution in [0.2, 0.25) is 0 Å². The van der Waals surface area contributed by atoms with Crippen molar-refractivity contribution in [3.05, 3.63) is 30.1 Å². The largest absolute Gasteiger partial charge is 0.467 e. The van der Waals surface area contributed by atoms with Crippen molar-refractivity contribution in [2.45, 2.75) is 12.0 Å². The van der Waals surface area contributed by atoms with Gasteiger partial charge in [-0.2, -0.15) is 0 Å². The molecule has 1 aliphatic heterocycles. The van der Waals surface area contributed by atoms with Gasteiger partial charge in [-0.15, -0.1) is 0 Å². The number of likely N-dealkylation sites (tertiary alicyclic amines) is 1. The maximum Gasteiger partial charge on any atom is 0.332 e. The third-order valence-corrected chi connectivity index (χ3v) is 3.26. The van der Waals surface area contributed by atoms with Crippen LogP contribution in [0.4, 0.5) is 10.1 Å². The Morgan fingerprint density at radius 1 is 1.44 bits per heavy atom. The van der Waals surface area contributed by atoms with Crippen molar-refractivity contribution in [3.63, 3.8) is 0 Å². The molecule has 18 heavy (non-hydrogen) atoms. The number of carbonyl (C=O) groups excluding carboxylic acids is 1. The van der Waals surface area contributed by atoms with Gasteiger partial charge in [0.1, 0.15) is 11.4 Å². The molecule has 0 saturated carbocycles. The molecule has 0 aromatic heterocycles. The number of likely N-dealkylation sites (N-methyl/N-ethyl adjacent to an activating group) is 1. The Morgan fingerprint density at radius 2 is 2.11 bits per heavy atom. The molecule has 2 rings (SSSR count). The number of benzene rings is 1. The first-order valence-corrected chi connectivity index (χ1v) is 5.86. The molecule has 5 heteroatoms. The quantitative estimate of drug-likeness (QED) is 0.827. The van der Waals surface area contributed by atoms with Crippen LogP contribution in [0, 0.1) is 5.82 Å². The van der Waals surface area contributed by atoms with Crippen LogP contribution in [0.5, 0.6) is 0 Å². The molecule has 0 aliphatic carbocycles. The fourth-order valence-electron chi connectivity index (χ4n) is 2.33. The summed E-state index contributed by atoms with van der Waals surface area (Å²) < 4.78 is 17.7. The Morgan fingerprint density at radius 3 is 2.61 bits per heavy atom. The molecule has 4 nitrogen and oxygen atoms in total. The molecule has 98 valence electrons. The first-order valence-electron chi connectivity index (χ1n) is 5.86. The van der Waals surface area contributed by atoms with Gasteiger partial charge in [0.25, 0.3) is 0 Å². The van der Waals surface area contributed by atoms with Crippen LogP contribution < -0.4 is 5.32 Å². The zero-order valence-electron chi connectivity index (χ0n) is 10.6. The number of anilines is 1. The first kappa shape index (κ1) is 12.8. The molecule has 1 aromatic carbocycles. The van der Waals surface area contributed by atoms with Gasteiger partial charge in [0.15, 0.2) is 0 Å². The molecule has 1 aromatic rings. The van der Waals surface area contributed by atoms with Gasteiger partial charge in [-0.05, 0) is 37.7 Å². The van der Waals surface area contributed by atoms with E-state index in [1.165, 1.54) is 19.2 Å². The van der Waals surface area contributed by atoms with Crippen LogP contribution in [0.1, 0.15) is 6.42 Å². The molecule has 0 radical (unpaired) electrons. The lowest BCUT2D eigenvalue weighted by molar-refractivity contribution is -0.145. The minimum absolute atomic E-state index is 0.281. The van der Waals surface area contributed by atoms with E-state index < -0.39 is 5.54 Å². The van der Waals surface area contributed by atoms with E-state index >= 15 is 0 Å². The lowest BCUT2D eigenvalue weighted by atomic mass is 9.98. The molecule has 1 N–H and O–H groups in total. The van der Waals surface area contributed by atoms with E-state index in [4.69, 9.17) is 4.74 Å². The van der Waals surface area contributed by atoms with Crippen molar-refractivity contribution in [3.8, 4) is 0 Å². The summed E-state index contributed by atoms with van der Waals surface area (Å²) in [4.78, 5) is 14.0. The third-order valence-electron chi connectivity index (χ3n) is 3.26. The van der Waals surface area contributed by atoms with E-state index in [1.54, 1.807) is 12.1 Å². The second kappa shape index (κ2) is 4.94. The molecule has 1 fully saturated rings. The number of halogens is 1. The van der Waals surface area contributed by atoms with Crippen LogP contribution in [0.3, 0.4) is 0 Å². The molecule has 0 bridgehead atoms. The van der Waals surface area contributed by atoms with Gasteiger partial charge < -0.3 is 15.0 Å². The molecule has 0 spiro atoms. The second-order valence-electron chi connectivity index (χ2n) is 4.69. The van der Waals surface area contributed by atoms with Crippen LogP contribution in [-0.4, -0.2) is 43.7 Å². The molecule has 0 amide bonds. The van der Waals surface area contributed by atoms with Crippen molar-refractivity contribution >= 4 is 11.7 Å². The minimum Gasteiger partial charge on any atom is -0.467 e. The van der Waals surface area contributed by atoms with Crippen LogP contribution in [0.25, 0.3) is 0 Å². The van der Waals surface area contributed by atoms with Gasteiger partial charge >= 0.3 is 5.97 Å². The average molecular weight is 252 g/mol. The van der Waals surface area contributed by atoms with Gasteiger partial charge in [-0.25, -0.2) is 9.18 Å². The molecule has 1 saturated heterocycles. The average Bonchev–Trinajstić information content (AvgIpc) is 2.74. The second-order valence-corrected chi connectivity index (χ2v) is 4.69. The van der Waals surface area contributed by atoms with Gasteiger partial charge in [0.2, 0.25) is 0 Å². The number of rotatable bonds is 3. The SMILES string of the molecule is COC(=O)C1(Nc2ccc(F)cc2)CCN(C)C1. The van der Waals surface area contributed by atoms with Crippen molar-refractivity contribution in [2.24, 2.45) is 0 Å². The lowest BCUT2D eigenvalue weighted by Crippen LogP contribution is -2.49. The molecule has 1 unspecified atom stereocenters. The molecule has 1 heterocycles. The number of hydrogen-bond acceptors (Lipinski definition) is 4. The maximum atomic E-state index is 12.9. The fourth-order valence-corrected chi connectivity index (χ4v) is 2.33. The van der Waals surface area contributed by atoms with Gasteiger partial charge in [0.05, 0.1) is 7.11 Å². The number of esters is 1. The number of methoxy groups -OCH3 is 1. The van der Waals surface area contributed by atoms with Crippen molar-refractivity contribution in [1.29, 1.82) is 0 Å². The minimum atomic E-state index is -0.735. The van der Waals surface area contributed by atoms with Gasteiger partial charge in [-0.3, -0.25) is 0 Å². The van der Waals surface area contributed by atoms with Crippen molar-refractivity contribution in [2.75, 3.05) is 32.6 Å². The Bertz CT molecular complexity index is 435. The highest BCUT2D eigenvalue weighted by Gasteiger charge is 2.44. The highest BCUT2D eigenvalue weighted by molar-refractivity contribution is 5.85. The zero-order chi connectivity index (χ0) is 13.2. The summed E-state index contributed by atoms with van der Waals surface area (Å²) in [5.41, 5.74) is -0.0153. The molecular formula is C13H17FN2O2. The van der Waals surface area contributed by atoms with Gasteiger partial charge in [-0.1, -0.05) is 0 Å². The number of ether oxygens (including phenoxy) is 1. The van der Waals surface area contributed by atoms with E-state index in [1.807, 2.05) is 7.05 Å². The first-order chi connectivity index (χ1) is 8.55. The Balaban J connectivity index is 2.20. The highest BCUT2D eigenvalue weighted by Crippen LogP contribution is 2.26. The van der Waals surface area contributed by atoms with E-state index in [0.717, 1.165) is 12.2 Å². The van der Waals surface area contributed by atoms with Crippen molar-refractivity contribution in [1.82, 2.24) is 4.90 Å². The summed E-state index contributed by atoms with van der Waals surface area (Å²) in [5.74, 6) is -0.576. The van der Waals surface area contributed by atoms with E-state index in [2.05, 4.69) is 10.2 Å². The molecule has 1 aliphatic rings. The number of hydrogen-bond donors (Lipinski definition) is 1. The summed E-state index contributed by atoms with van der Waals surface area (Å²) >= 11 is 0. The smallest absolute Gasteiger partial charge is 0.332 e. The number of carbonyl (C=O) groups is 1. The Kier molecular flexibility index (Phi) is 3.52. The maximum absolute atomic E-state index is 12.9. The summed E-state index contributed by atoms with van der Waals surface area (Å²) in [7, 11) is 3.34. The fraction of sp³-hybridized carbons (Fsp3) is 0.462. The normalized spacial score (nSPS) is 23.9. The topological polar surface area (TPSA) is 41.6 Å². The van der Waals surface area contributed by atoms with Crippen molar-refractivity contribution < 1.29 is 13.9 Å². The molecule has 1 atom stereocenters. The zero-order valence-corrected chi connectivity index (χ0v) is 10.6. The van der Waals surface area contributed by atoms with Crippen LogP contribution in [0.15, 0.2) is 24.3 Å². The Hall–Kier alpha value is -1.62. The van der Waals surface area contributed by atoms with E-state index in [-0.39, 0.29) is 11.8 Å². The summed E-state index contributed by atoms with van der Waals surface area (Å²) in [6, 6.07) is 5.98. The number of nitrogens with one attached hydrogen (secondary N) is 1. The van der Waals surface area contributed by atoms with E-state index in [0.29, 0.717) is 13.0 Å².